The highest BCUT2D eigenvalue weighted by Gasteiger charge is 2.35. The molecule has 1 aliphatic rings. The van der Waals surface area contributed by atoms with Crippen LogP contribution in [0.25, 0.3) is 10.9 Å². The van der Waals surface area contributed by atoms with E-state index in [-0.39, 0.29) is 23.5 Å². The lowest BCUT2D eigenvalue weighted by Crippen LogP contribution is -2.31. The van der Waals surface area contributed by atoms with E-state index in [0.29, 0.717) is 34.7 Å². The van der Waals surface area contributed by atoms with Gasteiger partial charge in [0.2, 0.25) is 0 Å². The van der Waals surface area contributed by atoms with Crippen molar-refractivity contribution in [3.8, 4) is 0 Å². The number of aromatic nitrogens is 1. The van der Waals surface area contributed by atoms with Crippen molar-refractivity contribution < 1.29 is 22.7 Å². The molecule has 1 aliphatic heterocycles. The molecule has 5 nitrogen and oxygen atoms in total. The van der Waals surface area contributed by atoms with Gasteiger partial charge >= 0.3 is 12.1 Å². The summed E-state index contributed by atoms with van der Waals surface area (Å²) in [6.07, 6.45) is -0.429. The van der Waals surface area contributed by atoms with E-state index in [4.69, 9.17) is 16.3 Å². The van der Waals surface area contributed by atoms with Crippen LogP contribution in [-0.4, -0.2) is 30.6 Å². The lowest BCUT2D eigenvalue weighted by molar-refractivity contribution is -0.137. The summed E-state index contributed by atoms with van der Waals surface area (Å²) in [5, 5.41) is 3.92. The van der Waals surface area contributed by atoms with E-state index in [1.807, 2.05) is 0 Å². The van der Waals surface area contributed by atoms with Gasteiger partial charge in [0.25, 0.3) is 0 Å². The molecule has 1 saturated heterocycles. The predicted molar refractivity (Wildman–Crippen MR) is 124 cm³/mol. The molecule has 0 amide bonds. The number of rotatable bonds is 5. The average Bonchev–Trinajstić information content (AvgIpc) is 2.79. The molecule has 33 heavy (non-hydrogen) atoms. The molecule has 3 aromatic rings. The van der Waals surface area contributed by atoms with Crippen LogP contribution in [0.2, 0.25) is 5.02 Å². The molecule has 0 bridgehead atoms. The van der Waals surface area contributed by atoms with Crippen LogP contribution in [0, 0.1) is 0 Å². The van der Waals surface area contributed by atoms with E-state index >= 15 is 0 Å². The van der Waals surface area contributed by atoms with E-state index < -0.39 is 17.7 Å². The van der Waals surface area contributed by atoms with E-state index in [1.165, 1.54) is 12.3 Å². The van der Waals surface area contributed by atoms with Crippen LogP contribution in [0.3, 0.4) is 0 Å². The zero-order chi connectivity index (χ0) is 23.6. The fraction of sp³-hybridized carbons (Fsp3) is 0.333. The highest BCUT2D eigenvalue weighted by molar-refractivity contribution is 6.31. The van der Waals surface area contributed by atoms with E-state index in [1.54, 1.807) is 36.1 Å². The van der Waals surface area contributed by atoms with Gasteiger partial charge in [-0.1, -0.05) is 11.6 Å². The Bertz CT molecular complexity index is 1180. The number of benzene rings is 2. The van der Waals surface area contributed by atoms with E-state index in [0.717, 1.165) is 25.3 Å². The lowest BCUT2D eigenvalue weighted by atomic mass is 10.0. The summed E-state index contributed by atoms with van der Waals surface area (Å²) in [4.78, 5) is 18.6. The van der Waals surface area contributed by atoms with Gasteiger partial charge in [-0.2, -0.15) is 13.2 Å². The SMILES string of the molecule is CCOC(=O)c1cnc2ccc(Cl)cc2c1Nc1ccc(N2CCCCC2)c(C(F)(F)F)c1. The van der Waals surface area contributed by atoms with Gasteiger partial charge in [0.15, 0.2) is 0 Å². The molecule has 1 N–H and O–H groups in total. The molecule has 2 heterocycles. The van der Waals surface area contributed by atoms with Crippen LogP contribution >= 0.6 is 11.6 Å². The Morgan fingerprint density at radius 3 is 2.61 bits per heavy atom. The number of carbonyl (C=O) groups excluding carboxylic acids is 1. The molecule has 1 fully saturated rings. The van der Waals surface area contributed by atoms with Gasteiger partial charge in [0.05, 0.1) is 23.4 Å². The standard InChI is InChI=1S/C24H23ClF3N3O2/c1-2-33-23(32)18-14-29-20-8-6-15(25)12-17(20)22(18)30-16-7-9-21(19(13-16)24(26,27)28)31-10-4-3-5-11-31/h6-9,12-14H,2-5,10-11H2,1H3,(H,29,30). The van der Waals surface area contributed by atoms with Crippen LogP contribution in [0.5, 0.6) is 0 Å². The maximum Gasteiger partial charge on any atom is 0.418 e. The summed E-state index contributed by atoms with van der Waals surface area (Å²) in [5.41, 5.74) is 0.585. The Hall–Kier alpha value is -3.00. The third-order valence-corrected chi connectivity index (χ3v) is 5.83. The fourth-order valence-electron chi connectivity index (χ4n) is 4.06. The number of pyridine rings is 1. The van der Waals surface area contributed by atoms with Gasteiger partial charge in [-0.25, -0.2) is 4.79 Å². The third-order valence-electron chi connectivity index (χ3n) is 5.59. The minimum absolute atomic E-state index is 0.111. The van der Waals surface area contributed by atoms with Crippen LogP contribution < -0.4 is 10.2 Å². The quantitative estimate of drug-likeness (QED) is 0.409. The molecule has 174 valence electrons. The number of piperidine rings is 1. The number of nitrogens with zero attached hydrogens (tertiary/aromatic N) is 2. The van der Waals surface area contributed by atoms with Crippen molar-refractivity contribution in [2.45, 2.75) is 32.4 Å². The van der Waals surface area contributed by atoms with Gasteiger partial charge in [-0.05, 0) is 62.6 Å². The molecule has 0 unspecified atom stereocenters. The largest absolute Gasteiger partial charge is 0.462 e. The highest BCUT2D eigenvalue weighted by atomic mass is 35.5. The zero-order valence-corrected chi connectivity index (χ0v) is 18.8. The van der Waals surface area contributed by atoms with Gasteiger partial charge in [-0.3, -0.25) is 4.98 Å². The average molecular weight is 478 g/mol. The number of esters is 1. The Labute approximate surface area is 194 Å². The Balaban J connectivity index is 1.81. The highest BCUT2D eigenvalue weighted by Crippen LogP contribution is 2.40. The van der Waals surface area contributed by atoms with Gasteiger partial charge in [0, 0.05) is 41.1 Å². The number of fused-ring (bicyclic) bond motifs is 1. The maximum atomic E-state index is 14.0. The van der Waals surface area contributed by atoms with Crippen molar-refractivity contribution in [1.29, 1.82) is 0 Å². The normalized spacial score (nSPS) is 14.4. The Morgan fingerprint density at radius 1 is 1.15 bits per heavy atom. The Kier molecular flexibility index (Phi) is 6.65. The van der Waals surface area contributed by atoms with Gasteiger partial charge in [-0.15, -0.1) is 0 Å². The summed E-state index contributed by atoms with van der Waals surface area (Å²) in [6, 6.07) is 9.09. The first kappa shape index (κ1) is 23.2. The topological polar surface area (TPSA) is 54.5 Å². The summed E-state index contributed by atoms with van der Waals surface area (Å²) in [7, 11) is 0. The molecule has 1 aromatic heterocycles. The van der Waals surface area contributed by atoms with Crippen molar-refractivity contribution in [3.63, 3.8) is 0 Å². The predicted octanol–water partition coefficient (Wildman–Crippen LogP) is 6.82. The minimum Gasteiger partial charge on any atom is -0.462 e. The zero-order valence-electron chi connectivity index (χ0n) is 18.0. The van der Waals surface area contributed by atoms with Gasteiger partial charge in [0.1, 0.15) is 5.56 Å². The second-order valence-corrected chi connectivity index (χ2v) is 8.27. The minimum atomic E-state index is -4.53. The first-order valence-corrected chi connectivity index (χ1v) is 11.1. The second-order valence-electron chi connectivity index (χ2n) is 7.83. The van der Waals surface area contributed by atoms with Crippen molar-refractivity contribution >= 4 is 45.5 Å². The molecule has 9 heteroatoms. The lowest BCUT2D eigenvalue weighted by Gasteiger charge is -2.31. The smallest absolute Gasteiger partial charge is 0.418 e. The van der Waals surface area contributed by atoms with Crippen molar-refractivity contribution in [2.75, 3.05) is 29.9 Å². The van der Waals surface area contributed by atoms with Crippen molar-refractivity contribution in [1.82, 2.24) is 4.98 Å². The number of ether oxygens (including phenoxy) is 1. The number of halogens is 4. The molecule has 4 rings (SSSR count). The van der Waals surface area contributed by atoms with Crippen LogP contribution in [0.1, 0.15) is 42.1 Å². The number of carbonyl (C=O) groups is 1. The molecule has 0 saturated carbocycles. The van der Waals surface area contributed by atoms with Crippen molar-refractivity contribution in [3.05, 3.63) is 58.7 Å². The molecular weight excluding hydrogens is 455 g/mol. The Morgan fingerprint density at radius 2 is 1.91 bits per heavy atom. The first-order valence-electron chi connectivity index (χ1n) is 10.8. The summed E-state index contributed by atoms with van der Waals surface area (Å²) < 4.78 is 47.1. The monoisotopic (exact) mass is 477 g/mol. The summed E-state index contributed by atoms with van der Waals surface area (Å²) in [5.74, 6) is -0.629. The van der Waals surface area contributed by atoms with Crippen molar-refractivity contribution in [2.24, 2.45) is 0 Å². The van der Waals surface area contributed by atoms with Gasteiger partial charge < -0.3 is 15.0 Å². The number of hydrogen-bond donors (Lipinski definition) is 1. The maximum absolute atomic E-state index is 14.0. The molecule has 0 atom stereocenters. The summed E-state index contributed by atoms with van der Waals surface area (Å²) in [6.45, 7) is 3.01. The second kappa shape index (κ2) is 9.47. The summed E-state index contributed by atoms with van der Waals surface area (Å²) >= 11 is 6.15. The van der Waals surface area contributed by atoms with E-state index in [2.05, 4.69) is 10.3 Å². The van der Waals surface area contributed by atoms with E-state index in [9.17, 15) is 18.0 Å². The van der Waals surface area contributed by atoms with Crippen LogP contribution in [0.4, 0.5) is 30.2 Å². The number of anilines is 3. The first-order chi connectivity index (χ1) is 15.8. The number of hydrogen-bond acceptors (Lipinski definition) is 5. The molecule has 2 aromatic carbocycles. The van der Waals surface area contributed by atoms with Crippen LogP contribution in [-0.2, 0) is 10.9 Å². The number of nitrogens with one attached hydrogen (secondary N) is 1. The molecular formula is C24H23ClF3N3O2. The molecule has 0 aliphatic carbocycles. The third kappa shape index (κ3) is 5.00. The van der Waals surface area contributed by atoms with Crippen LogP contribution in [0.15, 0.2) is 42.6 Å². The number of alkyl halides is 3. The fourth-order valence-corrected chi connectivity index (χ4v) is 4.23. The molecule has 0 spiro atoms. The molecule has 0 radical (unpaired) electrons.